The maximum Gasteiger partial charge on any atom is 0.231 e. The number of hydrogen-bond donors (Lipinski definition) is 0. The molecule has 1 aromatic carbocycles. The van der Waals surface area contributed by atoms with Gasteiger partial charge in [0.25, 0.3) is 0 Å². The Hall–Kier alpha value is -1.02. The molecule has 4 rings (SSSR count). The number of hydrogen-bond acceptors (Lipinski definition) is 1. The first-order valence-electron chi connectivity index (χ1n) is 7.67. The second-order valence-electron chi connectivity index (χ2n) is 6.76. The molecule has 20 heavy (non-hydrogen) atoms. The summed E-state index contributed by atoms with van der Waals surface area (Å²) in [5.74, 6) is 2.58. The molecule has 2 saturated carbocycles. The highest BCUT2D eigenvalue weighted by molar-refractivity contribution is 6.21. The van der Waals surface area contributed by atoms with Crippen molar-refractivity contribution in [3.05, 3.63) is 29.3 Å². The van der Waals surface area contributed by atoms with E-state index in [1.807, 2.05) is 7.05 Å². The van der Waals surface area contributed by atoms with Crippen LogP contribution in [-0.4, -0.2) is 13.0 Å². The van der Waals surface area contributed by atoms with Gasteiger partial charge in [-0.15, -0.1) is 11.6 Å². The van der Waals surface area contributed by atoms with Crippen molar-refractivity contribution in [1.29, 1.82) is 0 Å². The summed E-state index contributed by atoms with van der Waals surface area (Å²) < 4.78 is 0. The first-order chi connectivity index (χ1) is 9.63. The van der Waals surface area contributed by atoms with Gasteiger partial charge < -0.3 is 4.90 Å². The topological polar surface area (TPSA) is 20.3 Å². The zero-order valence-electron chi connectivity index (χ0n) is 11.8. The highest BCUT2D eigenvalue weighted by atomic mass is 35.5. The van der Waals surface area contributed by atoms with Crippen molar-refractivity contribution in [1.82, 2.24) is 0 Å². The van der Waals surface area contributed by atoms with Crippen LogP contribution in [0.4, 0.5) is 5.69 Å². The molecule has 1 aliphatic heterocycles. The van der Waals surface area contributed by atoms with Crippen molar-refractivity contribution >= 4 is 23.2 Å². The summed E-state index contributed by atoms with van der Waals surface area (Å²) in [6, 6.07) is 6.36. The summed E-state index contributed by atoms with van der Waals surface area (Å²) in [4.78, 5) is 13.5. The smallest absolute Gasteiger partial charge is 0.231 e. The van der Waals surface area contributed by atoms with E-state index in [0.29, 0.717) is 12.3 Å². The SMILES string of the molecule is CN1C(=O)Cc2cc(C(Cl)C3CC4CCC3C4)ccc21. The third-order valence-electron chi connectivity index (χ3n) is 5.67. The van der Waals surface area contributed by atoms with Crippen molar-refractivity contribution < 1.29 is 4.79 Å². The molecule has 2 bridgehead atoms. The van der Waals surface area contributed by atoms with E-state index in [0.717, 1.165) is 23.1 Å². The zero-order chi connectivity index (χ0) is 13.9. The molecule has 2 fully saturated rings. The van der Waals surface area contributed by atoms with Gasteiger partial charge in [0.15, 0.2) is 0 Å². The number of nitrogens with zero attached hydrogens (tertiary/aromatic N) is 1. The van der Waals surface area contributed by atoms with Crippen LogP contribution >= 0.6 is 11.6 Å². The minimum atomic E-state index is 0.122. The van der Waals surface area contributed by atoms with Crippen LogP contribution in [0.1, 0.15) is 42.2 Å². The first-order valence-corrected chi connectivity index (χ1v) is 8.10. The Kier molecular flexibility index (Phi) is 2.85. The van der Waals surface area contributed by atoms with E-state index in [-0.39, 0.29) is 11.3 Å². The fourth-order valence-corrected chi connectivity index (χ4v) is 5.01. The Bertz CT molecular complexity index is 570. The van der Waals surface area contributed by atoms with Crippen LogP contribution in [0.3, 0.4) is 0 Å². The van der Waals surface area contributed by atoms with Crippen LogP contribution in [-0.2, 0) is 11.2 Å². The van der Waals surface area contributed by atoms with Gasteiger partial charge in [0.1, 0.15) is 0 Å². The van der Waals surface area contributed by atoms with E-state index in [1.165, 1.54) is 31.2 Å². The summed E-state index contributed by atoms with van der Waals surface area (Å²) >= 11 is 6.78. The molecule has 1 aromatic rings. The summed E-state index contributed by atoms with van der Waals surface area (Å²) in [6.07, 6.45) is 5.99. The molecule has 0 radical (unpaired) electrons. The van der Waals surface area contributed by atoms with E-state index in [2.05, 4.69) is 18.2 Å². The Morgan fingerprint density at radius 1 is 1.30 bits per heavy atom. The number of carbonyl (C=O) groups excluding carboxylic acids is 1. The van der Waals surface area contributed by atoms with Crippen molar-refractivity contribution in [2.75, 3.05) is 11.9 Å². The summed E-state index contributed by atoms with van der Waals surface area (Å²) in [5.41, 5.74) is 3.41. The molecule has 4 unspecified atom stereocenters. The molecule has 4 atom stereocenters. The van der Waals surface area contributed by atoms with Gasteiger partial charge in [-0.05, 0) is 54.2 Å². The number of benzene rings is 1. The summed E-state index contributed by atoms with van der Waals surface area (Å²) in [7, 11) is 1.85. The normalized spacial score (nSPS) is 32.8. The Labute approximate surface area is 125 Å². The molecule has 2 nitrogen and oxygen atoms in total. The van der Waals surface area contributed by atoms with Gasteiger partial charge in [-0.1, -0.05) is 18.6 Å². The van der Waals surface area contributed by atoms with Gasteiger partial charge in [-0.3, -0.25) is 4.79 Å². The fraction of sp³-hybridized carbons (Fsp3) is 0.588. The van der Waals surface area contributed by atoms with E-state index in [4.69, 9.17) is 11.6 Å². The van der Waals surface area contributed by atoms with E-state index in [9.17, 15) is 4.79 Å². The van der Waals surface area contributed by atoms with Crippen molar-refractivity contribution in [3.63, 3.8) is 0 Å². The maximum absolute atomic E-state index is 11.8. The Morgan fingerprint density at radius 3 is 2.85 bits per heavy atom. The number of likely N-dealkylation sites (N-methyl/N-ethyl adjacent to an activating group) is 1. The van der Waals surface area contributed by atoms with Crippen molar-refractivity contribution in [2.45, 2.75) is 37.5 Å². The lowest BCUT2D eigenvalue weighted by atomic mass is 9.83. The highest BCUT2D eigenvalue weighted by Crippen LogP contribution is 2.54. The van der Waals surface area contributed by atoms with Crippen LogP contribution < -0.4 is 4.90 Å². The molecule has 3 heteroatoms. The predicted molar refractivity (Wildman–Crippen MR) is 81.1 cm³/mol. The van der Waals surface area contributed by atoms with Gasteiger partial charge in [0, 0.05) is 12.7 Å². The van der Waals surface area contributed by atoms with Gasteiger partial charge in [-0.25, -0.2) is 0 Å². The van der Waals surface area contributed by atoms with E-state index >= 15 is 0 Å². The lowest BCUT2D eigenvalue weighted by Crippen LogP contribution is -2.20. The molecular weight excluding hydrogens is 270 g/mol. The van der Waals surface area contributed by atoms with Gasteiger partial charge >= 0.3 is 0 Å². The molecule has 0 aromatic heterocycles. The number of alkyl halides is 1. The molecule has 0 spiro atoms. The fourth-order valence-electron chi connectivity index (χ4n) is 4.56. The molecule has 1 amide bonds. The number of anilines is 1. The summed E-state index contributed by atoms with van der Waals surface area (Å²) in [5, 5.41) is 0.122. The number of halogens is 1. The second kappa shape index (κ2) is 4.49. The average molecular weight is 290 g/mol. The van der Waals surface area contributed by atoms with Crippen LogP contribution in [0, 0.1) is 17.8 Å². The number of rotatable bonds is 2. The molecule has 0 N–H and O–H groups in total. The molecule has 0 saturated heterocycles. The van der Waals surface area contributed by atoms with Crippen LogP contribution in [0.15, 0.2) is 18.2 Å². The maximum atomic E-state index is 11.8. The predicted octanol–water partition coefficient (Wildman–Crippen LogP) is 3.92. The minimum absolute atomic E-state index is 0.122. The monoisotopic (exact) mass is 289 g/mol. The third-order valence-corrected chi connectivity index (χ3v) is 6.24. The molecule has 1 heterocycles. The van der Waals surface area contributed by atoms with Crippen molar-refractivity contribution in [2.24, 2.45) is 17.8 Å². The Morgan fingerprint density at radius 2 is 2.15 bits per heavy atom. The molecular formula is C17H20ClNO. The second-order valence-corrected chi connectivity index (χ2v) is 7.23. The number of fused-ring (bicyclic) bond motifs is 3. The molecule has 106 valence electrons. The highest BCUT2D eigenvalue weighted by Gasteiger charge is 2.43. The van der Waals surface area contributed by atoms with Gasteiger partial charge in [0.2, 0.25) is 5.91 Å². The van der Waals surface area contributed by atoms with E-state index < -0.39 is 0 Å². The number of carbonyl (C=O) groups is 1. The van der Waals surface area contributed by atoms with Crippen LogP contribution in [0.25, 0.3) is 0 Å². The van der Waals surface area contributed by atoms with Gasteiger partial charge in [-0.2, -0.15) is 0 Å². The zero-order valence-corrected chi connectivity index (χ0v) is 12.6. The lowest BCUT2D eigenvalue weighted by Gasteiger charge is -2.27. The number of amides is 1. The van der Waals surface area contributed by atoms with Crippen LogP contribution in [0.5, 0.6) is 0 Å². The molecule has 2 aliphatic carbocycles. The lowest BCUT2D eigenvalue weighted by molar-refractivity contribution is -0.117. The van der Waals surface area contributed by atoms with Gasteiger partial charge in [0.05, 0.1) is 11.8 Å². The largest absolute Gasteiger partial charge is 0.315 e. The standard InChI is InChI=1S/C17H20ClNO/c1-19-15-5-4-12(8-13(15)9-16(19)20)17(18)14-7-10-2-3-11(14)6-10/h4-5,8,10-11,14,17H,2-3,6-7,9H2,1H3. The summed E-state index contributed by atoms with van der Waals surface area (Å²) in [6.45, 7) is 0. The molecule has 3 aliphatic rings. The Balaban J connectivity index is 1.60. The third kappa shape index (κ3) is 1.81. The minimum Gasteiger partial charge on any atom is -0.315 e. The van der Waals surface area contributed by atoms with E-state index in [1.54, 1.807) is 4.90 Å². The van der Waals surface area contributed by atoms with Crippen molar-refractivity contribution in [3.8, 4) is 0 Å². The average Bonchev–Trinajstić information content (AvgIpc) is 3.14. The quantitative estimate of drug-likeness (QED) is 0.756. The van der Waals surface area contributed by atoms with Crippen LogP contribution in [0.2, 0.25) is 0 Å². The first kappa shape index (κ1) is 12.7.